The van der Waals surface area contributed by atoms with Crippen LogP contribution in [0.25, 0.3) is 11.0 Å². The molecule has 2 aromatic rings. The largest absolute Gasteiger partial charge is 0.383 e. The van der Waals surface area contributed by atoms with Crippen LogP contribution in [0, 0.1) is 5.92 Å². The fourth-order valence-corrected chi connectivity index (χ4v) is 2.02. The summed E-state index contributed by atoms with van der Waals surface area (Å²) < 4.78 is 5.28. The highest BCUT2D eigenvalue weighted by Crippen LogP contribution is 2.22. The molecule has 0 aliphatic carbocycles. The number of nitrogens with zero attached hydrogens (tertiary/aromatic N) is 3. The van der Waals surface area contributed by atoms with Crippen molar-refractivity contribution in [2.75, 3.05) is 30.9 Å². The summed E-state index contributed by atoms with van der Waals surface area (Å²) in [6, 6.07) is 0.182. The first kappa shape index (κ1) is 15.5. The lowest BCUT2D eigenvalue weighted by atomic mass is 10.1. The number of anilines is 2. The Labute approximate surface area is 124 Å². The molecule has 0 aromatic carbocycles. The van der Waals surface area contributed by atoms with Gasteiger partial charge in [-0.2, -0.15) is 15.1 Å². The zero-order valence-electron chi connectivity index (χ0n) is 13.1. The maximum Gasteiger partial charge on any atom is 0.226 e. The van der Waals surface area contributed by atoms with Crippen molar-refractivity contribution in [2.24, 2.45) is 5.92 Å². The van der Waals surface area contributed by atoms with Gasteiger partial charge in [-0.1, -0.05) is 20.8 Å². The molecule has 2 rings (SSSR count). The van der Waals surface area contributed by atoms with E-state index in [2.05, 4.69) is 51.6 Å². The minimum Gasteiger partial charge on any atom is -0.383 e. The Kier molecular flexibility index (Phi) is 5.32. The zero-order valence-corrected chi connectivity index (χ0v) is 13.1. The van der Waals surface area contributed by atoms with Gasteiger partial charge in [0, 0.05) is 13.7 Å². The van der Waals surface area contributed by atoms with Gasteiger partial charge in [-0.15, -0.1) is 0 Å². The van der Waals surface area contributed by atoms with Gasteiger partial charge in [0.05, 0.1) is 24.2 Å². The van der Waals surface area contributed by atoms with E-state index in [4.69, 9.17) is 4.74 Å². The second-order valence-electron chi connectivity index (χ2n) is 5.41. The van der Waals surface area contributed by atoms with E-state index in [1.807, 2.05) is 0 Å². The molecule has 1 unspecified atom stereocenters. The molecule has 0 amide bonds. The molecule has 21 heavy (non-hydrogen) atoms. The van der Waals surface area contributed by atoms with E-state index in [-0.39, 0.29) is 6.04 Å². The first-order valence-corrected chi connectivity index (χ1v) is 7.36. The lowest BCUT2D eigenvalue weighted by molar-refractivity contribution is 0.171. The van der Waals surface area contributed by atoms with Crippen molar-refractivity contribution in [2.45, 2.75) is 33.2 Å². The van der Waals surface area contributed by atoms with Crippen molar-refractivity contribution in [3.05, 3.63) is 6.20 Å². The number of hydrogen-bond donors (Lipinski definition) is 3. The molecule has 0 saturated carbocycles. The number of ether oxygens (including phenoxy) is 1. The van der Waals surface area contributed by atoms with Crippen molar-refractivity contribution >= 4 is 22.8 Å². The summed E-state index contributed by atoms with van der Waals surface area (Å²) in [5.74, 6) is 1.81. The summed E-state index contributed by atoms with van der Waals surface area (Å²) in [6.07, 6.45) is 2.76. The molecular weight excluding hydrogens is 268 g/mol. The van der Waals surface area contributed by atoms with Crippen LogP contribution >= 0.6 is 0 Å². The Morgan fingerprint density at radius 3 is 2.81 bits per heavy atom. The summed E-state index contributed by atoms with van der Waals surface area (Å²) in [7, 11) is 1.71. The van der Waals surface area contributed by atoms with Crippen LogP contribution in [-0.2, 0) is 4.74 Å². The highest BCUT2D eigenvalue weighted by Gasteiger charge is 2.17. The van der Waals surface area contributed by atoms with E-state index in [0.29, 0.717) is 18.5 Å². The Morgan fingerprint density at radius 1 is 1.33 bits per heavy atom. The van der Waals surface area contributed by atoms with Gasteiger partial charge in [0.1, 0.15) is 5.82 Å². The molecule has 0 spiro atoms. The number of nitrogens with one attached hydrogen (secondary N) is 3. The average Bonchev–Trinajstić information content (AvgIpc) is 2.93. The normalized spacial score (nSPS) is 12.8. The van der Waals surface area contributed by atoms with Crippen molar-refractivity contribution in [3.8, 4) is 0 Å². The van der Waals surface area contributed by atoms with Gasteiger partial charge >= 0.3 is 0 Å². The molecule has 3 N–H and O–H groups in total. The second kappa shape index (κ2) is 7.21. The quantitative estimate of drug-likeness (QED) is 0.691. The Hall–Kier alpha value is -1.89. The molecule has 0 radical (unpaired) electrons. The zero-order chi connectivity index (χ0) is 15.2. The molecule has 1 atom stereocenters. The van der Waals surface area contributed by atoms with Crippen LogP contribution < -0.4 is 10.6 Å². The predicted molar refractivity (Wildman–Crippen MR) is 84.6 cm³/mol. The summed E-state index contributed by atoms with van der Waals surface area (Å²) in [5, 5.41) is 14.5. The van der Waals surface area contributed by atoms with Crippen LogP contribution in [0.5, 0.6) is 0 Å². The van der Waals surface area contributed by atoms with Gasteiger partial charge in [-0.3, -0.25) is 5.10 Å². The molecule has 0 saturated heterocycles. The number of rotatable bonds is 8. The minimum absolute atomic E-state index is 0.182. The van der Waals surface area contributed by atoms with E-state index in [0.717, 1.165) is 29.8 Å². The number of fused-ring (bicyclic) bond motifs is 1. The molecule has 0 fully saturated rings. The van der Waals surface area contributed by atoms with Crippen LogP contribution in [0.3, 0.4) is 0 Å². The topological polar surface area (TPSA) is 87.8 Å². The first-order valence-electron chi connectivity index (χ1n) is 7.36. The smallest absolute Gasteiger partial charge is 0.226 e. The molecule has 2 aromatic heterocycles. The van der Waals surface area contributed by atoms with E-state index >= 15 is 0 Å². The van der Waals surface area contributed by atoms with Crippen LogP contribution in [0.4, 0.5) is 11.8 Å². The highest BCUT2D eigenvalue weighted by molar-refractivity contribution is 5.87. The fourth-order valence-electron chi connectivity index (χ4n) is 2.02. The van der Waals surface area contributed by atoms with E-state index in [1.165, 1.54) is 0 Å². The van der Waals surface area contributed by atoms with E-state index in [9.17, 15) is 0 Å². The molecule has 0 bridgehead atoms. The van der Waals surface area contributed by atoms with Gasteiger partial charge in [-0.25, -0.2) is 0 Å². The Bertz CT molecular complexity index is 568. The third kappa shape index (κ3) is 3.81. The molecule has 7 heteroatoms. The first-order chi connectivity index (χ1) is 10.2. The summed E-state index contributed by atoms with van der Waals surface area (Å²) in [5.41, 5.74) is 0.728. The number of H-pyrrole nitrogens is 1. The lowest BCUT2D eigenvalue weighted by Gasteiger charge is -2.22. The van der Waals surface area contributed by atoms with E-state index in [1.54, 1.807) is 13.3 Å². The summed E-state index contributed by atoms with van der Waals surface area (Å²) in [4.78, 5) is 8.99. The second-order valence-corrected chi connectivity index (χ2v) is 5.41. The van der Waals surface area contributed by atoms with Crippen molar-refractivity contribution in [3.63, 3.8) is 0 Å². The predicted octanol–water partition coefficient (Wildman–Crippen LogP) is 2.26. The lowest BCUT2D eigenvalue weighted by Crippen LogP contribution is -2.31. The third-order valence-corrected chi connectivity index (χ3v) is 3.32. The van der Waals surface area contributed by atoms with Crippen LogP contribution in [0.15, 0.2) is 6.20 Å². The molecule has 0 aliphatic heterocycles. The van der Waals surface area contributed by atoms with Crippen LogP contribution in [0.2, 0.25) is 0 Å². The molecule has 7 nitrogen and oxygen atoms in total. The van der Waals surface area contributed by atoms with Gasteiger partial charge in [-0.05, 0) is 12.3 Å². The van der Waals surface area contributed by atoms with Crippen LogP contribution in [-0.4, -0.2) is 46.5 Å². The number of hydrogen-bond acceptors (Lipinski definition) is 6. The maximum absolute atomic E-state index is 5.28. The van der Waals surface area contributed by atoms with Gasteiger partial charge in [0.25, 0.3) is 0 Å². The average molecular weight is 292 g/mol. The van der Waals surface area contributed by atoms with Gasteiger partial charge < -0.3 is 15.4 Å². The summed E-state index contributed by atoms with van der Waals surface area (Å²) in [6.45, 7) is 7.87. The number of aromatic amines is 1. The fraction of sp³-hybridized carbons (Fsp3) is 0.643. The SMILES string of the molecule is CCCNc1nc(NC(COC)C(C)C)c2cn[nH]c2n1. The van der Waals surface area contributed by atoms with E-state index < -0.39 is 0 Å². The van der Waals surface area contributed by atoms with Crippen molar-refractivity contribution in [1.29, 1.82) is 0 Å². The number of methoxy groups -OCH3 is 1. The highest BCUT2D eigenvalue weighted by atomic mass is 16.5. The Balaban J connectivity index is 2.29. The third-order valence-electron chi connectivity index (χ3n) is 3.32. The minimum atomic E-state index is 0.182. The van der Waals surface area contributed by atoms with Gasteiger partial charge in [0.15, 0.2) is 5.65 Å². The maximum atomic E-state index is 5.28. The van der Waals surface area contributed by atoms with Crippen molar-refractivity contribution in [1.82, 2.24) is 20.2 Å². The molecule has 0 aliphatic rings. The standard InChI is InChI=1S/C14H24N6O/c1-5-6-15-14-18-12(10-7-16-20-13(10)19-14)17-11(8-21-4)9(2)3/h7,9,11H,5-6,8H2,1-4H3,(H3,15,16,17,18,19,20). The molecular formula is C14H24N6O. The summed E-state index contributed by atoms with van der Waals surface area (Å²) >= 11 is 0. The van der Waals surface area contributed by atoms with Crippen molar-refractivity contribution < 1.29 is 4.74 Å². The van der Waals surface area contributed by atoms with Crippen LogP contribution in [0.1, 0.15) is 27.2 Å². The molecule has 116 valence electrons. The monoisotopic (exact) mass is 292 g/mol. The van der Waals surface area contributed by atoms with Gasteiger partial charge in [0.2, 0.25) is 5.95 Å². The molecule has 2 heterocycles. The number of aromatic nitrogens is 4. The Morgan fingerprint density at radius 2 is 2.14 bits per heavy atom.